The molecule has 0 radical (unpaired) electrons. The number of halogens is 2. The van der Waals surface area contributed by atoms with Gasteiger partial charge >= 0.3 is 0 Å². The molecule has 0 aliphatic carbocycles. The first-order valence-corrected chi connectivity index (χ1v) is 18.4. The Kier molecular flexibility index (Phi) is 12.1. The summed E-state index contributed by atoms with van der Waals surface area (Å²) in [4.78, 5) is 69.6. The molecule has 0 fully saturated rings. The van der Waals surface area contributed by atoms with Gasteiger partial charge in [-0.1, -0.05) is 36.4 Å². The number of hydrogen-bond donors (Lipinski definition) is 0. The van der Waals surface area contributed by atoms with Gasteiger partial charge in [0.2, 0.25) is 16.6 Å². The van der Waals surface area contributed by atoms with E-state index in [-0.39, 0.29) is 27.7 Å². The Morgan fingerprint density at radius 3 is 1.67 bits per heavy atom. The molecule has 0 N–H and O–H groups in total. The summed E-state index contributed by atoms with van der Waals surface area (Å²) in [6.45, 7) is 2.60. The van der Waals surface area contributed by atoms with E-state index in [0.29, 0.717) is 35.3 Å². The van der Waals surface area contributed by atoms with Gasteiger partial charge in [0.1, 0.15) is 26.2 Å². The number of rotatable bonds is 9. The number of hydroxylamine groups is 2. The third-order valence-corrected chi connectivity index (χ3v) is 9.59. The number of carbonyl (C=O) groups excluding carboxylic acids is 2. The number of nitrogens with zero attached hydrogens (tertiary/aromatic N) is 6. The minimum atomic E-state index is -0.491. The van der Waals surface area contributed by atoms with Crippen LogP contribution in [-0.2, 0) is 17.9 Å². The summed E-state index contributed by atoms with van der Waals surface area (Å²) in [5.74, 6) is -0.329. The van der Waals surface area contributed by atoms with Crippen molar-refractivity contribution >= 4 is 65.4 Å². The van der Waals surface area contributed by atoms with Gasteiger partial charge < -0.3 is 13.9 Å². The van der Waals surface area contributed by atoms with E-state index >= 15 is 0 Å². The van der Waals surface area contributed by atoms with Gasteiger partial charge in [-0.05, 0) is 99.4 Å². The van der Waals surface area contributed by atoms with Crippen molar-refractivity contribution in [2.75, 3.05) is 21.3 Å². The van der Waals surface area contributed by atoms with E-state index in [1.54, 1.807) is 62.8 Å². The smallest absolute Gasteiger partial charge is 0.282 e. The van der Waals surface area contributed by atoms with E-state index in [1.807, 2.05) is 69.8 Å². The maximum Gasteiger partial charge on any atom is 0.282 e. The van der Waals surface area contributed by atoms with Gasteiger partial charge in [0, 0.05) is 30.2 Å². The van der Waals surface area contributed by atoms with Crippen molar-refractivity contribution in [3.63, 3.8) is 0 Å². The quantitative estimate of drug-likeness (QED) is 0.0854. The molecule has 0 saturated heterocycles. The van der Waals surface area contributed by atoms with Crippen molar-refractivity contribution in [2.24, 2.45) is 0 Å². The van der Waals surface area contributed by atoms with Crippen LogP contribution >= 0.6 is 31.9 Å². The fourth-order valence-electron chi connectivity index (χ4n) is 5.97. The van der Waals surface area contributed by atoms with Crippen molar-refractivity contribution in [1.29, 1.82) is 0 Å². The molecular formula is C41H34Br2N6O6. The normalized spacial score (nSPS) is 10.9. The minimum absolute atomic E-state index is 0.0537. The first-order valence-electron chi connectivity index (χ1n) is 16.8. The lowest BCUT2D eigenvalue weighted by atomic mass is 10.1. The van der Waals surface area contributed by atoms with Crippen LogP contribution in [0.1, 0.15) is 43.5 Å². The van der Waals surface area contributed by atoms with Gasteiger partial charge in [0.25, 0.3) is 5.91 Å². The fraction of sp³-hybridized carbons (Fsp3) is 0.146. The predicted molar refractivity (Wildman–Crippen MR) is 217 cm³/mol. The predicted octanol–water partition coefficient (Wildman–Crippen LogP) is 6.99. The van der Waals surface area contributed by atoms with Crippen molar-refractivity contribution in [3.8, 4) is 5.75 Å². The lowest BCUT2D eigenvalue weighted by Gasteiger charge is -2.16. The molecule has 5 heterocycles. The Balaban J connectivity index is 0.000000190. The second kappa shape index (κ2) is 17.1. The number of amides is 1. The van der Waals surface area contributed by atoms with Crippen molar-refractivity contribution < 1.29 is 19.2 Å². The van der Waals surface area contributed by atoms with Gasteiger partial charge in [-0.25, -0.2) is 20.0 Å². The van der Waals surface area contributed by atoms with Crippen molar-refractivity contribution in [2.45, 2.75) is 20.0 Å². The van der Waals surface area contributed by atoms with Crippen LogP contribution in [0, 0.1) is 6.92 Å². The van der Waals surface area contributed by atoms with Crippen LogP contribution in [0.3, 0.4) is 0 Å². The number of aryl methyl sites for hydroxylation is 1. The molecule has 7 aromatic rings. The summed E-state index contributed by atoms with van der Waals surface area (Å²) < 4.78 is 10.4. The standard InChI is InChI=1S/C23H18BrN3O3.C18H16BrN3O3/c1-14-20(30-2)11-10-18(25-14)23(29)17-13-27(12-15-6-5-9-21(24)26-15)19-8-4-3-7-16(19)22(17)28;1-21(25-2)18(24)14-11-22(10-12-6-5-9-16(19)20-12)15-8-4-3-7-13(15)17(14)23/h3-11,13H,12H2,1-2H3;3-9,11H,10H2,1-2H3. The minimum Gasteiger partial charge on any atom is -0.495 e. The first-order chi connectivity index (χ1) is 26.5. The van der Waals surface area contributed by atoms with Gasteiger partial charge in [0.05, 0.1) is 61.0 Å². The van der Waals surface area contributed by atoms with Gasteiger partial charge in [0.15, 0.2) is 0 Å². The Labute approximate surface area is 332 Å². The van der Waals surface area contributed by atoms with Crippen LogP contribution in [-0.4, -0.2) is 62.1 Å². The molecule has 0 unspecified atom stereocenters. The number of carbonyl (C=O) groups is 2. The van der Waals surface area contributed by atoms with Crippen LogP contribution in [0.15, 0.2) is 128 Å². The third kappa shape index (κ3) is 8.62. The van der Waals surface area contributed by atoms with Crippen molar-refractivity contribution in [3.05, 3.63) is 173 Å². The lowest BCUT2D eigenvalue weighted by Crippen LogP contribution is -2.31. The molecule has 0 bridgehead atoms. The maximum absolute atomic E-state index is 13.2. The van der Waals surface area contributed by atoms with Crippen LogP contribution in [0.2, 0.25) is 0 Å². The average molecular weight is 867 g/mol. The van der Waals surface area contributed by atoms with Crippen LogP contribution in [0.25, 0.3) is 21.8 Å². The number of para-hydroxylation sites is 2. The molecular weight excluding hydrogens is 832 g/mol. The highest BCUT2D eigenvalue weighted by atomic mass is 79.9. The molecule has 278 valence electrons. The Morgan fingerprint density at radius 1 is 0.673 bits per heavy atom. The third-order valence-electron chi connectivity index (χ3n) is 8.71. The number of pyridine rings is 5. The fourth-order valence-corrected chi connectivity index (χ4v) is 6.73. The Morgan fingerprint density at radius 2 is 1.18 bits per heavy atom. The molecule has 0 spiro atoms. The zero-order valence-corrected chi connectivity index (χ0v) is 33.4. The summed E-state index contributed by atoms with van der Waals surface area (Å²) in [5.41, 5.74) is 3.36. The highest BCUT2D eigenvalue weighted by Gasteiger charge is 2.21. The average Bonchev–Trinajstić information content (AvgIpc) is 3.19. The molecule has 14 heteroatoms. The molecule has 0 saturated carbocycles. The largest absolute Gasteiger partial charge is 0.495 e. The highest BCUT2D eigenvalue weighted by Crippen LogP contribution is 2.20. The molecule has 55 heavy (non-hydrogen) atoms. The molecule has 2 aromatic carbocycles. The summed E-state index contributed by atoms with van der Waals surface area (Å²) in [7, 11) is 4.39. The number of fused-ring (bicyclic) bond motifs is 2. The van der Waals surface area contributed by atoms with Crippen LogP contribution in [0.5, 0.6) is 5.75 Å². The van der Waals surface area contributed by atoms with E-state index in [0.717, 1.165) is 36.7 Å². The zero-order chi connectivity index (χ0) is 39.2. The highest BCUT2D eigenvalue weighted by molar-refractivity contribution is 9.10. The van der Waals surface area contributed by atoms with Crippen LogP contribution in [0.4, 0.5) is 0 Å². The number of hydrogen-bond acceptors (Lipinski definition) is 9. The maximum atomic E-state index is 13.2. The summed E-state index contributed by atoms with van der Waals surface area (Å²) in [5, 5.41) is 1.99. The SMILES string of the molecule is CON(C)C(=O)c1cn(Cc2cccc(Br)n2)c2ccccc2c1=O.COc1ccc(C(=O)c2cn(Cc3cccc(Br)n3)c3ccccc3c2=O)nc1C. The molecule has 0 aliphatic heterocycles. The van der Waals surface area contributed by atoms with E-state index in [9.17, 15) is 19.2 Å². The van der Waals surface area contributed by atoms with E-state index < -0.39 is 11.7 Å². The Hall–Kier alpha value is -5.83. The zero-order valence-electron chi connectivity index (χ0n) is 30.2. The molecule has 1 amide bonds. The number of methoxy groups -OCH3 is 1. The summed E-state index contributed by atoms with van der Waals surface area (Å²) >= 11 is 6.74. The second-order valence-corrected chi connectivity index (χ2v) is 13.9. The van der Waals surface area contributed by atoms with E-state index in [1.165, 1.54) is 14.2 Å². The van der Waals surface area contributed by atoms with E-state index in [2.05, 4.69) is 46.8 Å². The summed E-state index contributed by atoms with van der Waals surface area (Å²) in [6, 6.07) is 29.0. The monoisotopic (exact) mass is 864 g/mol. The van der Waals surface area contributed by atoms with Crippen molar-refractivity contribution in [1.82, 2.24) is 29.1 Å². The van der Waals surface area contributed by atoms with E-state index in [4.69, 9.17) is 9.57 Å². The number of ether oxygens (including phenoxy) is 1. The molecule has 7 rings (SSSR count). The Bertz CT molecular complexity index is 2700. The molecule has 12 nitrogen and oxygen atoms in total. The van der Waals surface area contributed by atoms with Gasteiger partial charge in [-0.15, -0.1) is 0 Å². The number of ketones is 1. The molecule has 0 aliphatic rings. The topological polar surface area (TPSA) is 139 Å². The van der Waals surface area contributed by atoms with Crippen LogP contribution < -0.4 is 15.6 Å². The first kappa shape index (κ1) is 38.9. The second-order valence-electron chi connectivity index (χ2n) is 12.2. The lowest BCUT2D eigenvalue weighted by molar-refractivity contribution is -0.0758. The molecule has 0 atom stereocenters. The van der Waals surface area contributed by atoms with Gasteiger partial charge in [-0.3, -0.25) is 24.0 Å². The van der Waals surface area contributed by atoms with Gasteiger partial charge in [-0.2, -0.15) is 0 Å². The molecule has 5 aromatic heterocycles. The summed E-state index contributed by atoms with van der Waals surface area (Å²) in [6.07, 6.45) is 3.15. The number of aromatic nitrogens is 5. The number of benzene rings is 2.